The summed E-state index contributed by atoms with van der Waals surface area (Å²) in [5.74, 6) is -0.954. The molecule has 2 aromatic rings. The largest absolute Gasteiger partial charge is 0.494 e. The predicted molar refractivity (Wildman–Crippen MR) is 89.6 cm³/mol. The molecule has 0 aliphatic heterocycles. The van der Waals surface area contributed by atoms with E-state index in [9.17, 15) is 22.9 Å². The third-order valence-electron chi connectivity index (χ3n) is 3.45. The summed E-state index contributed by atoms with van der Waals surface area (Å²) in [7, 11) is -0.961. The first-order chi connectivity index (χ1) is 11.8. The molecule has 0 aliphatic rings. The van der Waals surface area contributed by atoms with Crippen LogP contribution in [-0.2, 0) is 16.6 Å². The van der Waals surface area contributed by atoms with Gasteiger partial charge in [-0.3, -0.25) is 10.1 Å². The second-order valence-corrected chi connectivity index (χ2v) is 6.85. The number of halogens is 1. The van der Waals surface area contributed by atoms with Crippen LogP contribution in [0.2, 0.25) is 0 Å². The molecule has 0 atom stereocenters. The maximum Gasteiger partial charge on any atom is 0.295 e. The van der Waals surface area contributed by atoms with E-state index >= 15 is 0 Å². The Morgan fingerprint density at radius 1 is 1.24 bits per heavy atom. The van der Waals surface area contributed by atoms with Crippen LogP contribution >= 0.6 is 0 Å². The van der Waals surface area contributed by atoms with Crippen LogP contribution in [0.5, 0.6) is 5.75 Å². The Labute approximate surface area is 143 Å². The highest BCUT2D eigenvalue weighted by Crippen LogP contribution is 2.32. The molecule has 0 bridgehead atoms. The van der Waals surface area contributed by atoms with Crippen LogP contribution in [0.15, 0.2) is 41.3 Å². The molecule has 0 radical (unpaired) electrons. The summed E-state index contributed by atoms with van der Waals surface area (Å²) < 4.78 is 44.0. The third-order valence-corrected chi connectivity index (χ3v) is 4.88. The summed E-state index contributed by atoms with van der Waals surface area (Å²) in [5, 5.41) is 13.9. The van der Waals surface area contributed by atoms with Crippen LogP contribution in [0.1, 0.15) is 5.56 Å². The zero-order valence-corrected chi connectivity index (χ0v) is 14.3. The fraction of sp³-hybridized carbons (Fsp3) is 0.200. The van der Waals surface area contributed by atoms with E-state index in [0.29, 0.717) is 5.56 Å². The van der Waals surface area contributed by atoms with Crippen LogP contribution in [0.25, 0.3) is 0 Å². The number of benzene rings is 2. The van der Waals surface area contributed by atoms with Crippen molar-refractivity contribution in [1.82, 2.24) is 4.72 Å². The molecule has 25 heavy (non-hydrogen) atoms. The fourth-order valence-electron chi connectivity index (χ4n) is 2.09. The first-order valence-corrected chi connectivity index (χ1v) is 8.55. The molecule has 0 fully saturated rings. The van der Waals surface area contributed by atoms with Crippen molar-refractivity contribution < 1.29 is 22.5 Å². The highest BCUT2D eigenvalue weighted by molar-refractivity contribution is 7.89. The van der Waals surface area contributed by atoms with E-state index < -0.39 is 26.5 Å². The van der Waals surface area contributed by atoms with E-state index in [2.05, 4.69) is 10.0 Å². The van der Waals surface area contributed by atoms with Gasteiger partial charge in [0.2, 0.25) is 10.0 Å². The van der Waals surface area contributed by atoms with Gasteiger partial charge in [0.1, 0.15) is 5.69 Å². The van der Waals surface area contributed by atoms with Crippen LogP contribution < -0.4 is 14.8 Å². The summed E-state index contributed by atoms with van der Waals surface area (Å²) in [6.07, 6.45) is 0. The van der Waals surface area contributed by atoms with Crippen molar-refractivity contribution in [3.63, 3.8) is 0 Å². The van der Waals surface area contributed by atoms with Crippen LogP contribution in [-0.4, -0.2) is 27.5 Å². The van der Waals surface area contributed by atoms with Crippen LogP contribution in [0.4, 0.5) is 15.8 Å². The Morgan fingerprint density at radius 2 is 1.88 bits per heavy atom. The molecular weight excluding hydrogens is 353 g/mol. The Hall–Kier alpha value is -2.72. The summed E-state index contributed by atoms with van der Waals surface area (Å²) in [6.45, 7) is 0.176. The highest BCUT2D eigenvalue weighted by Gasteiger charge is 2.19. The smallest absolute Gasteiger partial charge is 0.295 e. The van der Waals surface area contributed by atoms with Crippen molar-refractivity contribution in [2.24, 2.45) is 0 Å². The minimum Gasteiger partial charge on any atom is -0.494 e. The van der Waals surface area contributed by atoms with E-state index in [-0.39, 0.29) is 22.9 Å². The summed E-state index contributed by atoms with van der Waals surface area (Å²) in [4.78, 5) is 10.5. The number of nitro groups is 1. The van der Waals surface area contributed by atoms with E-state index in [4.69, 9.17) is 4.74 Å². The number of sulfonamides is 1. The van der Waals surface area contributed by atoms with Gasteiger partial charge in [0.05, 0.1) is 23.0 Å². The first kappa shape index (κ1) is 18.6. The van der Waals surface area contributed by atoms with Gasteiger partial charge in [-0.25, -0.2) is 17.5 Å². The second-order valence-electron chi connectivity index (χ2n) is 4.97. The highest BCUT2D eigenvalue weighted by atomic mass is 32.2. The molecule has 0 heterocycles. The predicted octanol–water partition coefficient (Wildman–Crippen LogP) is 2.26. The van der Waals surface area contributed by atoms with E-state index in [0.717, 1.165) is 6.07 Å². The molecule has 10 heteroatoms. The molecule has 8 nitrogen and oxygen atoms in total. The Morgan fingerprint density at radius 3 is 2.40 bits per heavy atom. The maximum absolute atomic E-state index is 13.6. The Kier molecular flexibility index (Phi) is 5.55. The van der Waals surface area contributed by atoms with E-state index in [1.807, 2.05) is 0 Å². The molecule has 2 N–H and O–H groups in total. The summed E-state index contributed by atoms with van der Waals surface area (Å²) in [5.41, 5.74) is 0.357. The topological polar surface area (TPSA) is 111 Å². The average Bonchev–Trinajstić information content (AvgIpc) is 2.60. The number of hydrogen-bond acceptors (Lipinski definition) is 6. The lowest BCUT2D eigenvalue weighted by molar-refractivity contribution is -0.384. The van der Waals surface area contributed by atoms with Crippen LogP contribution in [0, 0.1) is 15.9 Å². The molecule has 0 aliphatic carbocycles. The molecule has 0 saturated heterocycles. The third kappa shape index (κ3) is 4.22. The fourth-order valence-corrected chi connectivity index (χ4v) is 2.82. The number of nitro benzene ring substituents is 1. The number of methoxy groups -OCH3 is 1. The van der Waals surface area contributed by atoms with Gasteiger partial charge in [0, 0.05) is 12.6 Å². The van der Waals surface area contributed by atoms with Gasteiger partial charge in [-0.2, -0.15) is 0 Å². The zero-order chi connectivity index (χ0) is 18.6. The number of nitrogens with one attached hydrogen (secondary N) is 2. The van der Waals surface area contributed by atoms with Crippen LogP contribution in [0.3, 0.4) is 0 Å². The second kappa shape index (κ2) is 7.45. The molecule has 0 saturated carbocycles. The van der Waals surface area contributed by atoms with Crippen molar-refractivity contribution in [2.45, 2.75) is 11.4 Å². The van der Waals surface area contributed by atoms with Gasteiger partial charge in [-0.15, -0.1) is 0 Å². The quantitative estimate of drug-likeness (QED) is 0.572. The first-order valence-electron chi connectivity index (χ1n) is 7.06. The van der Waals surface area contributed by atoms with Gasteiger partial charge in [0.15, 0.2) is 11.6 Å². The molecule has 0 amide bonds. The maximum atomic E-state index is 13.6. The lowest BCUT2D eigenvalue weighted by atomic mass is 10.2. The standard InChI is InChI=1S/C15H16FN3O5S/c1-17-25(22,23)11-5-3-10(4-6-11)9-18-13-8-15(24-2)12(16)7-14(13)19(20)21/h3-8,17-18H,9H2,1-2H3. The monoisotopic (exact) mass is 369 g/mol. The molecular formula is C15H16FN3O5S. The number of hydrogen-bond donors (Lipinski definition) is 2. The van der Waals surface area contributed by atoms with Crippen molar-refractivity contribution >= 4 is 21.4 Å². The molecule has 0 spiro atoms. The Bertz CT molecular complexity index is 885. The van der Waals surface area contributed by atoms with E-state index in [1.54, 1.807) is 12.1 Å². The van der Waals surface area contributed by atoms with Crippen molar-refractivity contribution in [1.29, 1.82) is 0 Å². The minimum absolute atomic E-state index is 0.0928. The van der Waals surface area contributed by atoms with Gasteiger partial charge in [0.25, 0.3) is 5.69 Å². The van der Waals surface area contributed by atoms with Gasteiger partial charge in [-0.05, 0) is 24.7 Å². The molecule has 0 aromatic heterocycles. The molecule has 134 valence electrons. The van der Waals surface area contributed by atoms with Crippen molar-refractivity contribution in [3.05, 3.63) is 57.9 Å². The number of ether oxygens (including phenoxy) is 1. The molecule has 2 aromatic carbocycles. The lowest BCUT2D eigenvalue weighted by Crippen LogP contribution is -2.18. The average molecular weight is 369 g/mol. The van der Waals surface area contributed by atoms with E-state index in [1.165, 1.54) is 32.4 Å². The van der Waals surface area contributed by atoms with Gasteiger partial charge >= 0.3 is 0 Å². The lowest BCUT2D eigenvalue weighted by Gasteiger charge is -2.10. The summed E-state index contributed by atoms with van der Waals surface area (Å²) >= 11 is 0. The Balaban J connectivity index is 2.22. The molecule has 0 unspecified atom stereocenters. The summed E-state index contributed by atoms with van der Waals surface area (Å²) in [6, 6.07) is 7.97. The normalized spacial score (nSPS) is 11.2. The zero-order valence-electron chi connectivity index (χ0n) is 13.4. The number of nitrogens with zero attached hydrogens (tertiary/aromatic N) is 1. The van der Waals surface area contributed by atoms with Crippen molar-refractivity contribution in [3.8, 4) is 5.75 Å². The number of rotatable bonds is 7. The number of anilines is 1. The van der Waals surface area contributed by atoms with Gasteiger partial charge < -0.3 is 10.1 Å². The van der Waals surface area contributed by atoms with Crippen molar-refractivity contribution in [2.75, 3.05) is 19.5 Å². The minimum atomic E-state index is -3.53. The van der Waals surface area contributed by atoms with Gasteiger partial charge in [-0.1, -0.05) is 12.1 Å². The SMILES string of the molecule is CNS(=O)(=O)c1ccc(CNc2cc(OC)c(F)cc2[N+](=O)[O-])cc1. The molecule has 2 rings (SSSR count).